The van der Waals surface area contributed by atoms with E-state index in [0.717, 1.165) is 11.1 Å². The van der Waals surface area contributed by atoms with Crippen LogP contribution in [0.2, 0.25) is 5.02 Å². The first kappa shape index (κ1) is 27.0. The molecule has 1 unspecified atom stereocenters. The number of pyridine rings is 1. The zero-order valence-electron chi connectivity index (χ0n) is 20.1. The average molecular weight is 552 g/mol. The van der Waals surface area contributed by atoms with Gasteiger partial charge in [0.25, 0.3) is 0 Å². The fraction of sp³-hybridized carbons (Fsp3) is 0.154. The third kappa shape index (κ3) is 7.47. The van der Waals surface area contributed by atoms with Crippen molar-refractivity contribution in [3.05, 3.63) is 83.4 Å². The summed E-state index contributed by atoms with van der Waals surface area (Å²) >= 11 is 4.11. The Hall–Kier alpha value is -4.08. The minimum atomic E-state index is -2.36. The summed E-state index contributed by atoms with van der Waals surface area (Å²) in [7, 11) is 0. The van der Waals surface area contributed by atoms with E-state index in [-0.39, 0.29) is 13.2 Å². The van der Waals surface area contributed by atoms with Crippen LogP contribution in [0, 0.1) is 11.8 Å². The van der Waals surface area contributed by atoms with Crippen molar-refractivity contribution in [3.8, 4) is 17.6 Å². The molecule has 0 spiro atoms. The van der Waals surface area contributed by atoms with Crippen molar-refractivity contribution in [2.24, 2.45) is 5.16 Å². The Morgan fingerprint density at radius 3 is 2.79 bits per heavy atom. The molecule has 194 valence electrons. The molecule has 0 aliphatic heterocycles. The molecule has 12 heteroatoms. The van der Waals surface area contributed by atoms with Gasteiger partial charge in [0.05, 0.1) is 16.2 Å². The van der Waals surface area contributed by atoms with Gasteiger partial charge in [0, 0.05) is 22.8 Å². The van der Waals surface area contributed by atoms with Gasteiger partial charge in [-0.25, -0.2) is 9.97 Å². The average Bonchev–Trinajstić information content (AvgIpc) is 2.92. The molecule has 38 heavy (non-hydrogen) atoms. The van der Waals surface area contributed by atoms with Gasteiger partial charge in [-0.05, 0) is 61.4 Å². The number of nitrogens with zero attached hydrogens (tertiary/aromatic N) is 4. The van der Waals surface area contributed by atoms with Crippen LogP contribution in [0.1, 0.15) is 18.2 Å². The molecule has 0 fully saturated rings. The van der Waals surface area contributed by atoms with E-state index < -0.39 is 11.4 Å². The van der Waals surface area contributed by atoms with Crippen LogP contribution in [0.5, 0.6) is 5.75 Å². The Morgan fingerprint density at radius 1 is 1.13 bits per heavy atom. The molecule has 0 saturated heterocycles. The van der Waals surface area contributed by atoms with Gasteiger partial charge in [0.2, 0.25) is 0 Å². The van der Waals surface area contributed by atoms with Crippen LogP contribution in [-0.2, 0) is 27.0 Å². The zero-order valence-corrected chi connectivity index (χ0v) is 21.7. The van der Waals surface area contributed by atoms with E-state index in [1.807, 2.05) is 42.5 Å². The number of rotatable bonds is 11. The number of benzene rings is 2. The van der Waals surface area contributed by atoms with Gasteiger partial charge >= 0.3 is 11.4 Å². The minimum Gasteiger partial charge on any atom is -0.486 e. The van der Waals surface area contributed by atoms with Crippen LogP contribution in [0.25, 0.3) is 10.9 Å². The van der Waals surface area contributed by atoms with E-state index in [1.54, 1.807) is 25.3 Å². The van der Waals surface area contributed by atoms with Gasteiger partial charge in [-0.3, -0.25) is 13.7 Å². The molecule has 2 aromatic heterocycles. The quantitative estimate of drug-likeness (QED) is 0.0879. The smallest absolute Gasteiger partial charge is 0.302 e. The summed E-state index contributed by atoms with van der Waals surface area (Å²) in [4.78, 5) is 18.2. The molecule has 0 radical (unpaired) electrons. The molecule has 1 atom stereocenters. The maximum Gasteiger partial charge on any atom is 0.302 e. The Morgan fingerprint density at radius 2 is 2.03 bits per heavy atom. The minimum absolute atomic E-state index is 0.0208. The summed E-state index contributed by atoms with van der Waals surface area (Å²) in [5, 5.41) is 8.48. The normalized spacial score (nSPS) is 11.9. The summed E-state index contributed by atoms with van der Waals surface area (Å²) in [5.41, 5.74) is 3.25. The van der Waals surface area contributed by atoms with Crippen molar-refractivity contribution in [2.45, 2.75) is 13.5 Å². The summed E-state index contributed by atoms with van der Waals surface area (Å²) in [5.74, 6) is 6.79. The number of hydrogen-bond donors (Lipinski definition) is 2. The van der Waals surface area contributed by atoms with Gasteiger partial charge in [-0.15, -0.1) is 0 Å². The molecule has 4 rings (SSSR count). The van der Waals surface area contributed by atoms with E-state index in [4.69, 9.17) is 25.7 Å². The number of oxime groups is 1. The second-order valence-electron chi connectivity index (χ2n) is 7.52. The van der Waals surface area contributed by atoms with E-state index >= 15 is 0 Å². The van der Waals surface area contributed by atoms with Crippen LogP contribution in [0.3, 0.4) is 0 Å². The zero-order chi connectivity index (χ0) is 26.7. The van der Waals surface area contributed by atoms with Gasteiger partial charge in [0.15, 0.2) is 5.71 Å². The molecule has 2 heterocycles. The van der Waals surface area contributed by atoms with Crippen LogP contribution in [0.4, 0.5) is 11.5 Å². The largest absolute Gasteiger partial charge is 0.486 e. The van der Waals surface area contributed by atoms with Crippen molar-refractivity contribution in [1.82, 2.24) is 15.0 Å². The van der Waals surface area contributed by atoms with E-state index in [9.17, 15) is 4.21 Å². The molecule has 0 aliphatic carbocycles. The van der Waals surface area contributed by atoms with Gasteiger partial charge in [-0.1, -0.05) is 28.7 Å². The molecule has 0 aliphatic rings. The molecular weight excluding hydrogens is 530 g/mol. The molecular formula is C26H22ClN5O5S. The molecule has 2 aromatic carbocycles. The predicted octanol–water partition coefficient (Wildman–Crippen LogP) is 4.90. The number of ether oxygens (including phenoxy) is 1. The topological polar surface area (TPSA) is 128 Å². The molecule has 0 saturated carbocycles. The van der Waals surface area contributed by atoms with Gasteiger partial charge < -0.3 is 14.9 Å². The van der Waals surface area contributed by atoms with E-state index in [0.29, 0.717) is 45.7 Å². The lowest BCUT2D eigenvalue weighted by Crippen LogP contribution is -2.06. The second-order valence-corrected chi connectivity index (χ2v) is 8.60. The molecule has 10 nitrogen and oxygen atoms in total. The molecule has 4 aromatic rings. The number of fused-ring (bicyclic) bond motifs is 1. The van der Waals surface area contributed by atoms with Crippen molar-refractivity contribution in [1.29, 1.82) is 0 Å². The maximum absolute atomic E-state index is 10.6. The first-order valence-electron chi connectivity index (χ1n) is 11.2. The first-order valence-corrected chi connectivity index (χ1v) is 12.7. The van der Waals surface area contributed by atoms with E-state index in [1.165, 1.54) is 6.33 Å². The second kappa shape index (κ2) is 13.5. The number of hydrogen-bond acceptors (Lipinski definition) is 9. The molecule has 2 N–H and O–H groups in total. The lowest BCUT2D eigenvalue weighted by molar-refractivity contribution is 0.109. The summed E-state index contributed by atoms with van der Waals surface area (Å²) < 4.78 is 29.5. The SMILES string of the molecule is CC#CC(=NOCCOS(=O)O)c1ccc2ncnc(Nc3ccc(OCc4ccccn4)c(Cl)c3)c2c1. The van der Waals surface area contributed by atoms with Crippen molar-refractivity contribution in [3.63, 3.8) is 0 Å². The van der Waals surface area contributed by atoms with Crippen LogP contribution < -0.4 is 10.1 Å². The van der Waals surface area contributed by atoms with Crippen molar-refractivity contribution < 1.29 is 22.5 Å². The van der Waals surface area contributed by atoms with Crippen LogP contribution >= 0.6 is 11.6 Å². The Balaban J connectivity index is 1.53. The number of anilines is 2. The van der Waals surface area contributed by atoms with Crippen LogP contribution in [0.15, 0.2) is 72.3 Å². The third-order valence-corrected chi connectivity index (χ3v) is 5.63. The van der Waals surface area contributed by atoms with Crippen molar-refractivity contribution in [2.75, 3.05) is 18.5 Å². The highest BCUT2D eigenvalue weighted by Gasteiger charge is 2.11. The number of halogens is 1. The highest BCUT2D eigenvalue weighted by atomic mass is 35.5. The highest BCUT2D eigenvalue weighted by molar-refractivity contribution is 7.74. The molecule has 0 bridgehead atoms. The third-order valence-electron chi connectivity index (χ3n) is 4.96. The standard InChI is InChI=1S/C26H22ClN5O5S/c1-2-5-23(32-36-12-13-37-38(33)34)18-7-9-24-21(14-18)26(30-17-29-24)31-19-8-10-25(22(27)15-19)35-16-20-6-3-4-11-28-20/h3-4,6-11,14-15,17H,12-13,16H2,1H3,(H,33,34)(H,29,30,31). The summed E-state index contributed by atoms with van der Waals surface area (Å²) in [6.07, 6.45) is 3.17. The monoisotopic (exact) mass is 551 g/mol. The fourth-order valence-electron chi connectivity index (χ4n) is 3.29. The highest BCUT2D eigenvalue weighted by Crippen LogP contribution is 2.31. The van der Waals surface area contributed by atoms with Crippen LogP contribution in [-0.4, -0.2) is 42.6 Å². The lowest BCUT2D eigenvalue weighted by atomic mass is 10.1. The van der Waals surface area contributed by atoms with Gasteiger partial charge in [0.1, 0.15) is 37.7 Å². The molecule has 0 amide bonds. The Kier molecular flexibility index (Phi) is 9.55. The number of nitrogens with one attached hydrogen (secondary N) is 1. The van der Waals surface area contributed by atoms with E-state index in [2.05, 4.69) is 41.4 Å². The Bertz CT molecular complexity index is 1530. The number of aromatic nitrogens is 3. The van der Waals surface area contributed by atoms with Crippen molar-refractivity contribution >= 4 is 51.1 Å². The predicted molar refractivity (Wildman–Crippen MR) is 146 cm³/mol. The summed E-state index contributed by atoms with van der Waals surface area (Å²) in [6.45, 7) is 1.86. The fourth-order valence-corrected chi connectivity index (χ4v) is 3.74. The lowest BCUT2D eigenvalue weighted by Gasteiger charge is -2.12. The van der Waals surface area contributed by atoms with Gasteiger partial charge in [-0.2, -0.15) is 4.21 Å². The maximum atomic E-state index is 10.6. The first-order chi connectivity index (χ1) is 18.5. The summed E-state index contributed by atoms with van der Waals surface area (Å²) in [6, 6.07) is 16.5. The Labute approximate surface area is 226 Å².